The fraction of sp³-hybridized carbons (Fsp3) is 0.478. The van der Waals surface area contributed by atoms with E-state index in [2.05, 4.69) is 45.9 Å². The van der Waals surface area contributed by atoms with Gasteiger partial charge in [-0.1, -0.05) is 54.5 Å². The lowest BCUT2D eigenvalue weighted by molar-refractivity contribution is -0.123. The van der Waals surface area contributed by atoms with Gasteiger partial charge in [0.2, 0.25) is 0 Å². The average molecular weight is 338 g/mol. The van der Waals surface area contributed by atoms with Crippen LogP contribution in [0, 0.1) is 11.3 Å². The third-order valence-electron chi connectivity index (χ3n) is 5.47. The molecule has 0 aromatic carbocycles. The van der Waals surface area contributed by atoms with Crippen LogP contribution in [0.4, 0.5) is 0 Å². The molecular weight excluding hydrogens is 308 g/mol. The Morgan fingerprint density at radius 1 is 1.00 bits per heavy atom. The highest BCUT2D eigenvalue weighted by atomic mass is 16.1. The number of carbonyl (C=O) groups is 2. The molecule has 2 nitrogen and oxygen atoms in total. The number of rotatable bonds is 4. The summed E-state index contributed by atoms with van der Waals surface area (Å²) in [5.41, 5.74) is 4.31. The average Bonchev–Trinajstić information content (AvgIpc) is 2.76. The Kier molecular flexibility index (Phi) is 6.16. The monoisotopic (exact) mass is 338 g/mol. The van der Waals surface area contributed by atoms with Crippen LogP contribution in [-0.4, -0.2) is 11.6 Å². The maximum atomic E-state index is 12.6. The highest BCUT2D eigenvalue weighted by molar-refractivity contribution is 6.01. The molecular formula is C23H30O2. The molecule has 2 aliphatic carbocycles. The molecule has 0 amide bonds. The van der Waals surface area contributed by atoms with Crippen molar-refractivity contribution in [3.63, 3.8) is 0 Å². The van der Waals surface area contributed by atoms with Crippen molar-refractivity contribution >= 4 is 11.6 Å². The van der Waals surface area contributed by atoms with Gasteiger partial charge in [0, 0.05) is 30.3 Å². The second-order valence-electron chi connectivity index (χ2n) is 7.92. The van der Waals surface area contributed by atoms with Gasteiger partial charge in [-0.25, -0.2) is 0 Å². The molecule has 2 heteroatoms. The van der Waals surface area contributed by atoms with Gasteiger partial charge in [-0.3, -0.25) is 9.59 Å². The first-order chi connectivity index (χ1) is 11.7. The van der Waals surface area contributed by atoms with Crippen LogP contribution in [0.2, 0.25) is 0 Å². The highest BCUT2D eigenvalue weighted by Gasteiger charge is 2.50. The lowest BCUT2D eigenvalue weighted by Crippen LogP contribution is -2.31. The predicted octanol–water partition coefficient (Wildman–Crippen LogP) is 5.68. The van der Waals surface area contributed by atoms with Crippen LogP contribution in [0.3, 0.4) is 0 Å². The van der Waals surface area contributed by atoms with Gasteiger partial charge >= 0.3 is 0 Å². The molecule has 0 heterocycles. The number of fused-ring (bicyclic) bond motifs is 1. The standard InChI is InChI=1S/C23H30O2/c1-16(2)8-6-9-17(3)10-7-11-18(4)22-21(25)15-19-14-20(24)12-13-23(19,22)5/h6-11,19H,12-15H2,1-5H3/b9-6+,11-7+,17-10+,22-18-/t19-,23+/m1/s1. The molecule has 25 heavy (non-hydrogen) atoms. The molecule has 2 saturated carbocycles. The van der Waals surface area contributed by atoms with Crippen LogP contribution < -0.4 is 0 Å². The van der Waals surface area contributed by atoms with Gasteiger partial charge in [-0.15, -0.1) is 0 Å². The van der Waals surface area contributed by atoms with E-state index in [-0.39, 0.29) is 17.1 Å². The van der Waals surface area contributed by atoms with E-state index in [0.717, 1.165) is 23.1 Å². The zero-order valence-electron chi connectivity index (χ0n) is 16.2. The fourth-order valence-corrected chi connectivity index (χ4v) is 4.02. The van der Waals surface area contributed by atoms with Gasteiger partial charge < -0.3 is 0 Å². The van der Waals surface area contributed by atoms with Crippen LogP contribution in [0.25, 0.3) is 0 Å². The summed E-state index contributed by atoms with van der Waals surface area (Å²) in [5, 5.41) is 0. The van der Waals surface area contributed by atoms with Crippen LogP contribution in [0.15, 0.2) is 58.7 Å². The van der Waals surface area contributed by atoms with Crippen molar-refractivity contribution in [3.8, 4) is 0 Å². The summed E-state index contributed by atoms with van der Waals surface area (Å²) < 4.78 is 0. The summed E-state index contributed by atoms with van der Waals surface area (Å²) in [6, 6.07) is 0. The number of ketones is 2. The van der Waals surface area contributed by atoms with E-state index in [1.165, 1.54) is 5.57 Å². The zero-order valence-corrected chi connectivity index (χ0v) is 16.2. The Morgan fingerprint density at radius 2 is 1.68 bits per heavy atom. The van der Waals surface area contributed by atoms with Gasteiger partial charge in [-0.05, 0) is 45.6 Å². The number of hydrogen-bond acceptors (Lipinski definition) is 2. The minimum absolute atomic E-state index is 0.123. The first-order valence-electron chi connectivity index (χ1n) is 9.17. The minimum atomic E-state index is -0.123. The summed E-state index contributed by atoms with van der Waals surface area (Å²) in [6.45, 7) is 10.4. The molecule has 0 saturated heterocycles. The summed E-state index contributed by atoms with van der Waals surface area (Å²) in [7, 11) is 0. The van der Waals surface area contributed by atoms with E-state index in [1.807, 2.05) is 25.2 Å². The van der Waals surface area contributed by atoms with E-state index in [4.69, 9.17) is 0 Å². The summed E-state index contributed by atoms with van der Waals surface area (Å²) in [4.78, 5) is 24.3. The third kappa shape index (κ3) is 4.56. The normalized spacial score (nSPS) is 29.5. The Labute approximate surface area is 152 Å². The molecule has 0 aromatic heterocycles. The van der Waals surface area contributed by atoms with Crippen LogP contribution in [0.1, 0.15) is 60.3 Å². The smallest absolute Gasteiger partial charge is 0.160 e. The quantitative estimate of drug-likeness (QED) is 0.488. The highest BCUT2D eigenvalue weighted by Crippen LogP contribution is 2.53. The summed E-state index contributed by atoms with van der Waals surface area (Å²) in [5.74, 6) is 0.740. The van der Waals surface area contributed by atoms with E-state index in [1.54, 1.807) is 0 Å². The van der Waals surface area contributed by atoms with Crippen molar-refractivity contribution in [2.24, 2.45) is 11.3 Å². The number of allylic oxidation sites excluding steroid dienone is 10. The van der Waals surface area contributed by atoms with Crippen LogP contribution in [0.5, 0.6) is 0 Å². The summed E-state index contributed by atoms with van der Waals surface area (Å²) in [6.07, 6.45) is 14.8. The Balaban J connectivity index is 2.18. The molecule has 134 valence electrons. The van der Waals surface area contributed by atoms with Gasteiger partial charge in [0.1, 0.15) is 5.78 Å². The van der Waals surface area contributed by atoms with Crippen molar-refractivity contribution in [3.05, 3.63) is 58.7 Å². The largest absolute Gasteiger partial charge is 0.300 e. The molecule has 2 aliphatic rings. The van der Waals surface area contributed by atoms with E-state index >= 15 is 0 Å². The van der Waals surface area contributed by atoms with Gasteiger partial charge in [-0.2, -0.15) is 0 Å². The summed E-state index contributed by atoms with van der Waals surface area (Å²) >= 11 is 0. The zero-order chi connectivity index (χ0) is 18.6. The first-order valence-corrected chi connectivity index (χ1v) is 9.17. The maximum absolute atomic E-state index is 12.6. The molecule has 0 aliphatic heterocycles. The number of carbonyl (C=O) groups excluding carboxylic acids is 2. The van der Waals surface area contributed by atoms with Crippen molar-refractivity contribution in [1.82, 2.24) is 0 Å². The van der Waals surface area contributed by atoms with Gasteiger partial charge in [0.25, 0.3) is 0 Å². The molecule has 0 unspecified atom stereocenters. The van der Waals surface area contributed by atoms with Gasteiger partial charge in [0.05, 0.1) is 0 Å². The first kappa shape index (κ1) is 19.4. The Hall–Kier alpha value is -1.96. The molecule has 2 atom stereocenters. The molecule has 0 spiro atoms. The minimum Gasteiger partial charge on any atom is -0.300 e. The molecule has 0 radical (unpaired) electrons. The van der Waals surface area contributed by atoms with Crippen molar-refractivity contribution < 1.29 is 9.59 Å². The van der Waals surface area contributed by atoms with Crippen molar-refractivity contribution in [2.45, 2.75) is 60.3 Å². The second kappa shape index (κ2) is 7.95. The van der Waals surface area contributed by atoms with E-state index in [0.29, 0.717) is 25.0 Å². The molecule has 0 N–H and O–H groups in total. The number of hydrogen-bond donors (Lipinski definition) is 0. The maximum Gasteiger partial charge on any atom is 0.160 e. The Morgan fingerprint density at radius 3 is 2.36 bits per heavy atom. The lowest BCUT2D eigenvalue weighted by atomic mass is 9.66. The van der Waals surface area contributed by atoms with Gasteiger partial charge in [0.15, 0.2) is 5.78 Å². The number of Topliss-reactive ketones (excluding diaryl/α,β-unsaturated/α-hetero) is 2. The topological polar surface area (TPSA) is 34.1 Å². The SMILES string of the molecule is CC(C)=C/C=C/C(C)=C/C=C/C(C)=C1/C(=O)C[C@H]2CC(=O)CC[C@]12C. The molecule has 0 bridgehead atoms. The van der Waals surface area contributed by atoms with E-state index in [9.17, 15) is 9.59 Å². The molecule has 2 fully saturated rings. The molecule has 0 aromatic rings. The van der Waals surface area contributed by atoms with Crippen molar-refractivity contribution in [2.75, 3.05) is 0 Å². The van der Waals surface area contributed by atoms with Crippen LogP contribution >= 0.6 is 0 Å². The third-order valence-corrected chi connectivity index (χ3v) is 5.47. The second-order valence-corrected chi connectivity index (χ2v) is 7.92. The Bertz CT molecular complexity index is 708. The molecule has 2 rings (SSSR count). The van der Waals surface area contributed by atoms with Crippen LogP contribution in [-0.2, 0) is 9.59 Å². The predicted molar refractivity (Wildman–Crippen MR) is 104 cm³/mol. The lowest BCUT2D eigenvalue weighted by Gasteiger charge is -2.36. The van der Waals surface area contributed by atoms with Crippen molar-refractivity contribution in [1.29, 1.82) is 0 Å². The van der Waals surface area contributed by atoms with E-state index < -0.39 is 0 Å². The fourth-order valence-electron chi connectivity index (χ4n) is 4.02.